The molecule has 38 heavy (non-hydrogen) atoms. The van der Waals surface area contributed by atoms with Crippen molar-refractivity contribution in [2.45, 2.75) is 38.3 Å². The third kappa shape index (κ3) is 6.99. The summed E-state index contributed by atoms with van der Waals surface area (Å²) in [6.07, 6.45) is 6.25. The normalized spacial score (nSPS) is 13.8. The highest BCUT2D eigenvalue weighted by Gasteiger charge is 2.23. The summed E-state index contributed by atoms with van der Waals surface area (Å²) in [5.41, 5.74) is 6.15. The van der Waals surface area contributed by atoms with E-state index in [-0.39, 0.29) is 25.1 Å². The number of hydrogen-bond acceptors (Lipinski definition) is 7. The van der Waals surface area contributed by atoms with Crippen molar-refractivity contribution in [3.8, 4) is 5.75 Å². The summed E-state index contributed by atoms with van der Waals surface area (Å²) in [4.78, 5) is 56.5. The fourth-order valence-corrected chi connectivity index (χ4v) is 3.81. The maximum absolute atomic E-state index is 13.1. The number of alkyl carbamates (subject to hydrolysis) is 1. The number of nitrogens with zero attached hydrogens (tertiary/aromatic N) is 2. The minimum Gasteiger partial charge on any atom is -0.491 e. The van der Waals surface area contributed by atoms with Gasteiger partial charge in [0.15, 0.2) is 0 Å². The van der Waals surface area contributed by atoms with Crippen LogP contribution in [0, 0.1) is 5.92 Å². The summed E-state index contributed by atoms with van der Waals surface area (Å²) in [5.74, 6) is 0.649. The molecular weight excluding hydrogens is 492 g/mol. The molecule has 1 fully saturated rings. The molecule has 0 bridgehead atoms. The van der Waals surface area contributed by atoms with Crippen LogP contribution in [-0.4, -0.2) is 52.2 Å². The highest BCUT2D eigenvalue weighted by atomic mass is 16.5. The van der Waals surface area contributed by atoms with E-state index in [0.29, 0.717) is 18.3 Å². The number of ether oxygens (including phenoxy) is 2. The number of nitrogens with one attached hydrogen (secondary N) is 3. The molecule has 1 atom stereocenters. The molecule has 3 amide bonds. The molecule has 0 radical (unpaired) electrons. The standard InChI is InChI=1S/C26H30N6O6/c1-37-26(36)30-18(6-2-3-10-21(27)33)24(34)29-19-8-5-13-32(25(19)35)14-22-28-17-7-4-9-20(23(17)31-22)38-15-16-11-12-16/h3-5,7-10,13,16,18H,2,6,11-12,14-15H2,1H3,(H2,27,33)(H,28,31)(H,29,34)(H,30,36). The van der Waals surface area contributed by atoms with Crippen molar-refractivity contribution < 1.29 is 23.9 Å². The van der Waals surface area contributed by atoms with Gasteiger partial charge in [0.2, 0.25) is 11.8 Å². The van der Waals surface area contributed by atoms with Gasteiger partial charge in [0.25, 0.3) is 5.56 Å². The zero-order chi connectivity index (χ0) is 27.1. The number of carbonyl (C=O) groups is 3. The molecule has 0 saturated heterocycles. The smallest absolute Gasteiger partial charge is 0.407 e. The first-order chi connectivity index (χ1) is 18.3. The number of fused-ring (bicyclic) bond motifs is 1. The van der Waals surface area contributed by atoms with Crippen molar-refractivity contribution >= 4 is 34.6 Å². The van der Waals surface area contributed by atoms with E-state index in [2.05, 4.69) is 25.3 Å². The van der Waals surface area contributed by atoms with Gasteiger partial charge in [-0.15, -0.1) is 0 Å². The average molecular weight is 523 g/mol. The minimum absolute atomic E-state index is 0.0337. The van der Waals surface area contributed by atoms with E-state index in [9.17, 15) is 19.2 Å². The second-order valence-electron chi connectivity index (χ2n) is 9.00. The van der Waals surface area contributed by atoms with Crippen molar-refractivity contribution in [3.63, 3.8) is 0 Å². The lowest BCUT2D eigenvalue weighted by molar-refractivity contribution is -0.118. The van der Waals surface area contributed by atoms with Gasteiger partial charge in [-0.1, -0.05) is 12.1 Å². The van der Waals surface area contributed by atoms with Gasteiger partial charge in [-0.3, -0.25) is 14.4 Å². The number of primary amides is 1. The Labute approximate surface area is 218 Å². The molecule has 1 aliphatic carbocycles. The number of benzene rings is 1. The van der Waals surface area contributed by atoms with Gasteiger partial charge in [0.1, 0.15) is 28.8 Å². The summed E-state index contributed by atoms with van der Waals surface area (Å²) < 4.78 is 11.9. The number of nitrogens with two attached hydrogens (primary N) is 1. The highest BCUT2D eigenvalue weighted by Crippen LogP contribution is 2.31. The number of methoxy groups -OCH3 is 1. The summed E-state index contributed by atoms with van der Waals surface area (Å²) in [5, 5.41) is 5.01. The second-order valence-corrected chi connectivity index (χ2v) is 9.00. The Bertz CT molecular complexity index is 1410. The molecule has 1 aliphatic rings. The number of H-pyrrole nitrogens is 1. The fraction of sp³-hybridized carbons (Fsp3) is 0.346. The number of para-hydroxylation sites is 1. The number of amides is 3. The largest absolute Gasteiger partial charge is 0.491 e. The van der Waals surface area contributed by atoms with Crippen LogP contribution < -0.4 is 26.7 Å². The molecule has 2 aromatic heterocycles. The molecule has 12 nitrogen and oxygen atoms in total. The van der Waals surface area contributed by atoms with E-state index in [1.54, 1.807) is 12.3 Å². The second kappa shape index (κ2) is 12.1. The lowest BCUT2D eigenvalue weighted by Gasteiger charge is -2.17. The van der Waals surface area contributed by atoms with E-state index < -0.39 is 29.5 Å². The van der Waals surface area contributed by atoms with Crippen molar-refractivity contribution in [1.82, 2.24) is 19.9 Å². The predicted molar refractivity (Wildman–Crippen MR) is 140 cm³/mol. The van der Waals surface area contributed by atoms with E-state index in [4.69, 9.17) is 10.5 Å². The molecule has 0 aliphatic heterocycles. The predicted octanol–water partition coefficient (Wildman–Crippen LogP) is 2.05. The molecule has 0 spiro atoms. The minimum atomic E-state index is -1.02. The first-order valence-corrected chi connectivity index (χ1v) is 12.2. The molecule has 1 aromatic carbocycles. The van der Waals surface area contributed by atoms with Crippen LogP contribution in [0.1, 0.15) is 31.5 Å². The van der Waals surface area contributed by atoms with Gasteiger partial charge in [-0.25, -0.2) is 9.78 Å². The Morgan fingerprint density at radius 3 is 2.82 bits per heavy atom. The Kier molecular flexibility index (Phi) is 8.41. The number of pyridine rings is 1. The van der Waals surface area contributed by atoms with E-state index >= 15 is 0 Å². The topological polar surface area (TPSA) is 170 Å². The Hall–Kier alpha value is -4.61. The third-order valence-electron chi connectivity index (χ3n) is 6.00. The Morgan fingerprint density at radius 1 is 1.26 bits per heavy atom. The van der Waals surface area contributed by atoms with Gasteiger partial charge in [-0.2, -0.15) is 0 Å². The van der Waals surface area contributed by atoms with Gasteiger partial charge in [0, 0.05) is 6.20 Å². The molecule has 5 N–H and O–H groups in total. The van der Waals surface area contributed by atoms with E-state index in [1.807, 2.05) is 18.2 Å². The van der Waals surface area contributed by atoms with Crippen LogP contribution in [0.3, 0.4) is 0 Å². The molecular formula is C26H30N6O6. The average Bonchev–Trinajstić information content (AvgIpc) is 3.63. The summed E-state index contributed by atoms with van der Waals surface area (Å²) in [7, 11) is 1.17. The van der Waals surface area contributed by atoms with Crippen LogP contribution in [0.15, 0.2) is 53.5 Å². The van der Waals surface area contributed by atoms with Crippen molar-refractivity contribution in [3.05, 3.63) is 64.9 Å². The van der Waals surface area contributed by atoms with Crippen LogP contribution in [0.5, 0.6) is 5.75 Å². The SMILES string of the molecule is COC(=O)NC(CCC=CC(N)=O)C(=O)Nc1cccn(Cc2nc3cccc(OCC4CC4)c3[nH]2)c1=O. The van der Waals surface area contributed by atoms with Crippen molar-refractivity contribution in [2.24, 2.45) is 11.7 Å². The summed E-state index contributed by atoms with van der Waals surface area (Å²) in [6.45, 7) is 0.809. The molecule has 1 saturated carbocycles. The van der Waals surface area contributed by atoms with Crippen LogP contribution in [0.4, 0.5) is 10.5 Å². The Balaban J connectivity index is 1.47. The summed E-state index contributed by atoms with van der Waals surface area (Å²) in [6, 6.07) is 7.71. The van der Waals surface area contributed by atoms with Gasteiger partial charge in [0.05, 0.1) is 25.8 Å². The number of anilines is 1. The van der Waals surface area contributed by atoms with Crippen molar-refractivity contribution in [1.29, 1.82) is 0 Å². The number of aromatic amines is 1. The van der Waals surface area contributed by atoms with Gasteiger partial charge < -0.3 is 35.4 Å². The monoisotopic (exact) mass is 522 g/mol. The third-order valence-corrected chi connectivity index (χ3v) is 6.00. The van der Waals surface area contributed by atoms with E-state index in [1.165, 1.54) is 42.7 Å². The number of hydrogen-bond donors (Lipinski definition) is 4. The molecule has 2 heterocycles. The number of rotatable bonds is 12. The highest BCUT2D eigenvalue weighted by molar-refractivity contribution is 5.96. The molecule has 12 heteroatoms. The number of carbonyl (C=O) groups excluding carboxylic acids is 3. The van der Waals surface area contributed by atoms with Gasteiger partial charge in [-0.05, 0) is 61.9 Å². The van der Waals surface area contributed by atoms with Crippen molar-refractivity contribution in [2.75, 3.05) is 19.0 Å². The quantitative estimate of drug-likeness (QED) is 0.264. The first-order valence-electron chi connectivity index (χ1n) is 12.2. The molecule has 4 rings (SSSR count). The van der Waals surface area contributed by atoms with E-state index in [0.717, 1.165) is 16.8 Å². The first kappa shape index (κ1) is 26.5. The number of aromatic nitrogens is 3. The summed E-state index contributed by atoms with van der Waals surface area (Å²) >= 11 is 0. The maximum atomic E-state index is 13.1. The zero-order valence-electron chi connectivity index (χ0n) is 20.9. The van der Waals surface area contributed by atoms with Crippen LogP contribution in [0.2, 0.25) is 0 Å². The molecule has 3 aromatic rings. The number of imidazole rings is 1. The molecule has 200 valence electrons. The maximum Gasteiger partial charge on any atom is 0.407 e. The van der Waals surface area contributed by atoms with Gasteiger partial charge >= 0.3 is 6.09 Å². The number of allylic oxidation sites excluding steroid dienone is 1. The lowest BCUT2D eigenvalue weighted by Crippen LogP contribution is -2.44. The zero-order valence-corrected chi connectivity index (χ0v) is 20.9. The van der Waals surface area contributed by atoms with Crippen LogP contribution >= 0.6 is 0 Å². The van der Waals surface area contributed by atoms with Crippen LogP contribution in [0.25, 0.3) is 11.0 Å². The lowest BCUT2D eigenvalue weighted by atomic mass is 10.1. The Morgan fingerprint density at radius 2 is 2.08 bits per heavy atom. The fourth-order valence-electron chi connectivity index (χ4n) is 3.81. The van der Waals surface area contributed by atoms with Crippen LogP contribution in [-0.2, 0) is 20.9 Å². The molecule has 1 unspecified atom stereocenters.